The van der Waals surface area contributed by atoms with Crippen molar-refractivity contribution in [2.24, 2.45) is 0 Å². The van der Waals surface area contributed by atoms with Crippen LogP contribution in [0.2, 0.25) is 0 Å². The molecule has 0 saturated heterocycles. The lowest BCUT2D eigenvalue weighted by atomic mass is 10.1. The third-order valence-electron chi connectivity index (χ3n) is 11.5. The number of benzene rings is 7. The Balaban J connectivity index is 0.991. The summed E-state index contributed by atoms with van der Waals surface area (Å²) >= 11 is 0. The van der Waals surface area contributed by atoms with Crippen molar-refractivity contribution in [1.82, 2.24) is 33.2 Å². The van der Waals surface area contributed by atoms with Gasteiger partial charge in [0.25, 0.3) is 0 Å². The number of hydrogen-bond acceptors (Lipinski definition) is 3. The molecule has 282 valence electrons. The van der Waals surface area contributed by atoms with Gasteiger partial charge < -0.3 is 18.3 Å². The highest BCUT2D eigenvalue weighted by molar-refractivity contribution is 6.13. The van der Waals surface area contributed by atoms with Gasteiger partial charge in [-0.25, -0.2) is 15.0 Å². The van der Waals surface area contributed by atoms with E-state index in [9.17, 15) is 0 Å². The van der Waals surface area contributed by atoms with Gasteiger partial charge in [-0.2, -0.15) is 0 Å². The molecule has 7 heteroatoms. The van der Waals surface area contributed by atoms with Crippen LogP contribution in [0, 0.1) is 0 Å². The molecule has 7 nitrogen and oxygen atoms in total. The maximum atomic E-state index is 4.97. The lowest BCUT2D eigenvalue weighted by Crippen LogP contribution is -2.00. The monoisotopic (exact) mass is 769 g/mol. The fraction of sp³-hybridized carbons (Fsp3) is 0. The summed E-state index contributed by atoms with van der Waals surface area (Å²) in [6.07, 6.45) is 8.39. The molecule has 0 aliphatic carbocycles. The van der Waals surface area contributed by atoms with E-state index in [1.54, 1.807) is 0 Å². The van der Waals surface area contributed by atoms with Crippen molar-refractivity contribution in [1.29, 1.82) is 0 Å². The predicted octanol–water partition coefficient (Wildman–Crippen LogP) is 12.6. The molecule has 0 spiro atoms. The van der Waals surface area contributed by atoms with Gasteiger partial charge in [0.05, 0.1) is 22.1 Å². The number of hydrogen-bond donors (Lipinski definition) is 0. The van der Waals surface area contributed by atoms with Gasteiger partial charge in [-0.05, 0) is 109 Å². The Morgan fingerprint density at radius 1 is 0.267 bits per heavy atom. The van der Waals surface area contributed by atoms with Crippen LogP contribution >= 0.6 is 0 Å². The van der Waals surface area contributed by atoms with Crippen LogP contribution in [0.15, 0.2) is 213 Å². The summed E-state index contributed by atoms with van der Waals surface area (Å²) in [5, 5.41) is 4.80. The van der Waals surface area contributed by atoms with Crippen molar-refractivity contribution in [2.45, 2.75) is 0 Å². The summed E-state index contributed by atoms with van der Waals surface area (Å²) in [4.78, 5) is 14.8. The maximum Gasteiger partial charge on any atom is 0.164 e. The molecule has 0 N–H and O–H groups in total. The summed E-state index contributed by atoms with van der Waals surface area (Å²) in [5.74, 6) is 1.92. The molecule has 0 radical (unpaired) electrons. The molecule has 0 bridgehead atoms. The minimum absolute atomic E-state index is 0.633. The van der Waals surface area contributed by atoms with E-state index in [4.69, 9.17) is 15.0 Å². The molecule has 5 aromatic heterocycles. The Kier molecular flexibility index (Phi) is 7.71. The first-order valence-electron chi connectivity index (χ1n) is 20.1. The lowest BCUT2D eigenvalue weighted by Gasteiger charge is -2.12. The zero-order chi connectivity index (χ0) is 39.6. The standard InChI is InChI=1S/C53H35N7/c1-3-13-36(14-4-1)51-54-52(37-15-5-2-6-16-37)56-53(55-51)38-19-21-39(22-20-38)59-47-18-8-7-17-43(47)44-35-42(25-28-48(44)59)60-49-26-23-40(57-29-9-10-30-57)33-45(49)46-34-41(24-27-50(46)60)58-31-11-12-32-58/h1-35H. The van der Waals surface area contributed by atoms with E-state index in [1.165, 1.54) is 21.5 Å². The van der Waals surface area contributed by atoms with Crippen LogP contribution in [0.5, 0.6) is 0 Å². The fourth-order valence-electron chi connectivity index (χ4n) is 8.69. The van der Waals surface area contributed by atoms with Crippen LogP contribution in [-0.4, -0.2) is 33.2 Å². The first-order valence-corrected chi connectivity index (χ1v) is 20.1. The highest BCUT2D eigenvalue weighted by Crippen LogP contribution is 2.38. The Morgan fingerprint density at radius 2 is 0.633 bits per heavy atom. The van der Waals surface area contributed by atoms with Crippen LogP contribution in [0.25, 0.3) is 101 Å². The number of para-hydroxylation sites is 1. The summed E-state index contributed by atoms with van der Waals surface area (Å²) in [6, 6.07) is 66.1. The molecule has 0 amide bonds. The van der Waals surface area contributed by atoms with Gasteiger partial charge in [0.1, 0.15) is 0 Å². The van der Waals surface area contributed by atoms with Gasteiger partial charge in [0.15, 0.2) is 17.5 Å². The number of aromatic nitrogens is 7. The SMILES string of the molecule is c1ccc(-c2nc(-c3ccccc3)nc(-c3ccc(-n4c5ccccc5c5cc(-n6c7ccc(-n8cccc8)cc7c7cc(-n8cccc8)ccc76)ccc54)cc3)n2)cc1. The van der Waals surface area contributed by atoms with Crippen LogP contribution < -0.4 is 0 Å². The molecule has 7 aromatic carbocycles. The van der Waals surface area contributed by atoms with E-state index < -0.39 is 0 Å². The highest BCUT2D eigenvalue weighted by atomic mass is 15.0. The van der Waals surface area contributed by atoms with Crippen LogP contribution in [0.3, 0.4) is 0 Å². The van der Waals surface area contributed by atoms with E-state index in [2.05, 4.69) is 170 Å². The molecular formula is C53H35N7. The summed E-state index contributed by atoms with van der Waals surface area (Å²) in [6.45, 7) is 0. The Hall–Kier alpha value is -8.29. The van der Waals surface area contributed by atoms with Crippen molar-refractivity contribution in [3.05, 3.63) is 213 Å². The van der Waals surface area contributed by atoms with E-state index in [-0.39, 0.29) is 0 Å². The van der Waals surface area contributed by atoms with Crippen LogP contribution in [0.1, 0.15) is 0 Å². The zero-order valence-corrected chi connectivity index (χ0v) is 32.3. The second-order valence-corrected chi connectivity index (χ2v) is 15.1. The minimum atomic E-state index is 0.633. The van der Waals surface area contributed by atoms with E-state index >= 15 is 0 Å². The third kappa shape index (κ3) is 5.56. The second kappa shape index (κ2) is 13.7. The maximum absolute atomic E-state index is 4.97. The molecule has 0 saturated carbocycles. The summed E-state index contributed by atoms with van der Waals surface area (Å²) < 4.78 is 9.10. The average Bonchev–Trinajstić information content (AvgIpc) is 4.16. The number of rotatable bonds is 7. The van der Waals surface area contributed by atoms with Crippen molar-refractivity contribution in [3.8, 4) is 56.9 Å². The molecule has 0 atom stereocenters. The largest absolute Gasteiger partial charge is 0.324 e. The molecular weight excluding hydrogens is 735 g/mol. The Labute approximate surface area is 345 Å². The van der Waals surface area contributed by atoms with Crippen LogP contribution in [0.4, 0.5) is 0 Å². The van der Waals surface area contributed by atoms with Gasteiger partial charge in [0.2, 0.25) is 0 Å². The van der Waals surface area contributed by atoms with Gasteiger partial charge in [-0.1, -0.05) is 78.9 Å². The van der Waals surface area contributed by atoms with Crippen molar-refractivity contribution in [3.63, 3.8) is 0 Å². The van der Waals surface area contributed by atoms with Gasteiger partial charge in [-0.15, -0.1) is 0 Å². The first kappa shape index (κ1) is 33.8. The Bertz CT molecular complexity index is 3360. The normalized spacial score (nSPS) is 11.7. The quantitative estimate of drug-likeness (QED) is 0.162. The van der Waals surface area contributed by atoms with Crippen molar-refractivity contribution >= 4 is 43.6 Å². The molecule has 0 unspecified atom stereocenters. The minimum Gasteiger partial charge on any atom is -0.324 e. The molecule has 0 aliphatic rings. The summed E-state index contributed by atoms with van der Waals surface area (Å²) in [5.41, 5.74) is 11.9. The fourth-order valence-corrected chi connectivity index (χ4v) is 8.69. The average molecular weight is 770 g/mol. The third-order valence-corrected chi connectivity index (χ3v) is 11.5. The molecule has 60 heavy (non-hydrogen) atoms. The zero-order valence-electron chi connectivity index (χ0n) is 32.3. The molecule has 0 fully saturated rings. The van der Waals surface area contributed by atoms with E-state index in [0.717, 1.165) is 61.5 Å². The summed E-state index contributed by atoms with van der Waals surface area (Å²) in [7, 11) is 0. The van der Waals surface area contributed by atoms with Gasteiger partial charge in [0, 0.05) is 85.8 Å². The van der Waals surface area contributed by atoms with Gasteiger partial charge >= 0.3 is 0 Å². The molecule has 5 heterocycles. The highest BCUT2D eigenvalue weighted by Gasteiger charge is 2.19. The van der Waals surface area contributed by atoms with Crippen molar-refractivity contribution < 1.29 is 0 Å². The Morgan fingerprint density at radius 3 is 1.15 bits per heavy atom. The van der Waals surface area contributed by atoms with E-state index in [0.29, 0.717) is 17.5 Å². The second-order valence-electron chi connectivity index (χ2n) is 15.1. The van der Waals surface area contributed by atoms with E-state index in [1.807, 2.05) is 60.7 Å². The molecule has 12 aromatic rings. The lowest BCUT2D eigenvalue weighted by molar-refractivity contribution is 1.07. The first-order chi connectivity index (χ1) is 29.7. The van der Waals surface area contributed by atoms with Crippen LogP contribution in [-0.2, 0) is 0 Å². The molecule has 0 aliphatic heterocycles. The molecule has 12 rings (SSSR count). The van der Waals surface area contributed by atoms with Gasteiger partial charge in [-0.3, -0.25) is 0 Å². The predicted molar refractivity (Wildman–Crippen MR) is 243 cm³/mol. The number of fused-ring (bicyclic) bond motifs is 6. The number of nitrogens with zero attached hydrogens (tertiary/aromatic N) is 7. The van der Waals surface area contributed by atoms with Crippen molar-refractivity contribution in [2.75, 3.05) is 0 Å². The topological polar surface area (TPSA) is 58.4 Å². The smallest absolute Gasteiger partial charge is 0.164 e.